The number of hydrogen-bond acceptors (Lipinski definition) is 2. The van der Waals surface area contributed by atoms with Gasteiger partial charge in [0.1, 0.15) is 6.73 Å². The molecule has 1 rings (SSSR count). The Labute approximate surface area is 93.1 Å². The summed E-state index contributed by atoms with van der Waals surface area (Å²) in [6.45, 7) is 1.27. The summed E-state index contributed by atoms with van der Waals surface area (Å²) < 4.78 is 7.22. The molecule has 0 spiro atoms. The molecule has 0 fully saturated rings. The predicted octanol–water partition coefficient (Wildman–Crippen LogP) is 1.53. The van der Waals surface area contributed by atoms with E-state index in [9.17, 15) is 0 Å². The van der Waals surface area contributed by atoms with Gasteiger partial charge in [-0.05, 0) is 18.8 Å². The molecule has 84 valence electrons. The molecule has 1 aromatic rings. The standard InChI is InChI=1S/C11H18N2OS/c1-5-11-8-12-13(9-11)10-14-6-7-15(2,3)4/h1,8-9H,6-7,10H2,2-4H3. The molecule has 0 bridgehead atoms. The number of rotatable bonds is 5. The van der Waals surface area contributed by atoms with Crippen LogP contribution in [0.2, 0.25) is 0 Å². The number of nitrogens with zero attached hydrogens (tertiary/aromatic N) is 2. The van der Waals surface area contributed by atoms with Crippen LogP contribution in [-0.2, 0) is 11.5 Å². The largest absolute Gasteiger partial charge is 0.358 e. The smallest absolute Gasteiger partial charge is 0.139 e. The van der Waals surface area contributed by atoms with Crippen molar-refractivity contribution < 1.29 is 4.74 Å². The summed E-state index contributed by atoms with van der Waals surface area (Å²) in [6, 6.07) is 0. The Morgan fingerprint density at radius 3 is 2.80 bits per heavy atom. The lowest BCUT2D eigenvalue weighted by molar-refractivity contribution is 0.0809. The highest BCUT2D eigenvalue weighted by Crippen LogP contribution is 2.33. The lowest BCUT2D eigenvalue weighted by atomic mass is 10.4. The average Bonchev–Trinajstić information content (AvgIpc) is 2.59. The van der Waals surface area contributed by atoms with E-state index in [-0.39, 0.29) is 0 Å². The summed E-state index contributed by atoms with van der Waals surface area (Å²) in [5.41, 5.74) is 0.792. The average molecular weight is 226 g/mol. The maximum atomic E-state index is 5.51. The Morgan fingerprint density at radius 1 is 1.53 bits per heavy atom. The second-order valence-electron chi connectivity index (χ2n) is 4.25. The number of terminal acetylenes is 1. The third kappa shape index (κ3) is 4.91. The van der Waals surface area contributed by atoms with Crippen LogP contribution in [0.4, 0.5) is 0 Å². The van der Waals surface area contributed by atoms with E-state index in [1.807, 2.05) is 6.20 Å². The molecule has 0 saturated heterocycles. The first-order chi connectivity index (χ1) is 7.01. The first-order valence-corrected chi connectivity index (χ1v) is 7.77. The molecule has 0 unspecified atom stereocenters. The van der Waals surface area contributed by atoms with Crippen LogP contribution in [0.25, 0.3) is 0 Å². The number of ether oxygens (including phenoxy) is 1. The van der Waals surface area contributed by atoms with E-state index in [0.29, 0.717) is 6.73 Å². The van der Waals surface area contributed by atoms with Crippen LogP contribution >= 0.6 is 10.0 Å². The van der Waals surface area contributed by atoms with Crippen molar-refractivity contribution in [3.05, 3.63) is 18.0 Å². The lowest BCUT2D eigenvalue weighted by Gasteiger charge is -2.24. The zero-order chi connectivity index (χ0) is 11.3. The van der Waals surface area contributed by atoms with E-state index in [1.165, 1.54) is 0 Å². The highest BCUT2D eigenvalue weighted by Gasteiger charge is 2.03. The Hall–Kier alpha value is -0.920. The molecular formula is C11H18N2OS. The number of aromatic nitrogens is 2. The number of hydrogen-bond donors (Lipinski definition) is 0. The van der Waals surface area contributed by atoms with Crippen molar-refractivity contribution in [2.45, 2.75) is 6.73 Å². The van der Waals surface area contributed by atoms with Crippen LogP contribution in [0.1, 0.15) is 5.56 Å². The fourth-order valence-electron chi connectivity index (χ4n) is 0.976. The molecule has 0 amide bonds. The van der Waals surface area contributed by atoms with Crippen molar-refractivity contribution in [1.82, 2.24) is 9.78 Å². The van der Waals surface area contributed by atoms with Crippen molar-refractivity contribution >= 4 is 10.0 Å². The van der Waals surface area contributed by atoms with Gasteiger partial charge in [-0.1, -0.05) is 5.92 Å². The molecule has 0 aromatic carbocycles. The van der Waals surface area contributed by atoms with E-state index in [4.69, 9.17) is 11.2 Å². The minimum absolute atomic E-state index is 0.465. The van der Waals surface area contributed by atoms with Gasteiger partial charge < -0.3 is 4.74 Å². The van der Waals surface area contributed by atoms with Crippen LogP contribution < -0.4 is 0 Å². The Morgan fingerprint density at radius 2 is 2.27 bits per heavy atom. The second kappa shape index (κ2) is 5.24. The summed E-state index contributed by atoms with van der Waals surface area (Å²) >= 11 is 0. The zero-order valence-corrected chi connectivity index (χ0v) is 10.4. The molecular weight excluding hydrogens is 208 g/mol. The first kappa shape index (κ1) is 12.2. The quantitative estimate of drug-likeness (QED) is 0.562. The van der Waals surface area contributed by atoms with Crippen molar-refractivity contribution in [3.63, 3.8) is 0 Å². The van der Waals surface area contributed by atoms with E-state index >= 15 is 0 Å². The van der Waals surface area contributed by atoms with E-state index in [0.717, 1.165) is 17.9 Å². The fourth-order valence-corrected chi connectivity index (χ4v) is 1.59. The van der Waals surface area contributed by atoms with Gasteiger partial charge in [0.15, 0.2) is 0 Å². The molecule has 0 aliphatic carbocycles. The van der Waals surface area contributed by atoms with Gasteiger partial charge in [-0.25, -0.2) is 14.7 Å². The Balaban J connectivity index is 2.24. The van der Waals surface area contributed by atoms with Gasteiger partial charge in [-0.2, -0.15) is 5.10 Å². The normalized spacial score (nSPS) is 12.4. The lowest BCUT2D eigenvalue weighted by Crippen LogP contribution is -2.10. The van der Waals surface area contributed by atoms with Gasteiger partial charge in [0.05, 0.1) is 18.4 Å². The van der Waals surface area contributed by atoms with Gasteiger partial charge in [-0.15, -0.1) is 6.42 Å². The SMILES string of the molecule is C#Cc1cnn(COCCS(C)(C)C)c1. The topological polar surface area (TPSA) is 27.1 Å². The third-order valence-corrected chi connectivity index (χ3v) is 3.25. The van der Waals surface area contributed by atoms with Crippen molar-refractivity contribution in [1.29, 1.82) is 0 Å². The summed E-state index contributed by atoms with van der Waals surface area (Å²) in [4.78, 5) is 0. The van der Waals surface area contributed by atoms with Gasteiger partial charge >= 0.3 is 0 Å². The maximum Gasteiger partial charge on any atom is 0.139 e. The van der Waals surface area contributed by atoms with Crippen molar-refractivity contribution in [3.8, 4) is 12.3 Å². The van der Waals surface area contributed by atoms with Crippen molar-refractivity contribution in [2.24, 2.45) is 0 Å². The molecule has 0 aliphatic rings. The second-order valence-corrected chi connectivity index (χ2v) is 8.83. The van der Waals surface area contributed by atoms with Gasteiger partial charge in [0.25, 0.3) is 0 Å². The summed E-state index contributed by atoms with van der Waals surface area (Å²) in [5.74, 6) is 3.65. The molecule has 0 atom stereocenters. The van der Waals surface area contributed by atoms with E-state index in [1.54, 1.807) is 10.9 Å². The Kier molecular flexibility index (Phi) is 4.25. The van der Waals surface area contributed by atoms with Gasteiger partial charge in [0.2, 0.25) is 0 Å². The minimum Gasteiger partial charge on any atom is -0.358 e. The summed E-state index contributed by atoms with van der Waals surface area (Å²) in [5, 5.41) is 4.08. The highest BCUT2D eigenvalue weighted by molar-refractivity contribution is 8.32. The van der Waals surface area contributed by atoms with Crippen LogP contribution in [0.3, 0.4) is 0 Å². The molecule has 0 radical (unpaired) electrons. The van der Waals surface area contributed by atoms with Gasteiger partial charge in [0, 0.05) is 11.9 Å². The summed E-state index contributed by atoms with van der Waals surface area (Å²) in [6.07, 6.45) is 15.5. The van der Waals surface area contributed by atoms with E-state index in [2.05, 4.69) is 29.8 Å². The molecule has 15 heavy (non-hydrogen) atoms. The van der Waals surface area contributed by atoms with Crippen LogP contribution in [-0.4, -0.2) is 40.9 Å². The van der Waals surface area contributed by atoms with Crippen LogP contribution in [0, 0.1) is 12.3 Å². The fraction of sp³-hybridized carbons (Fsp3) is 0.545. The van der Waals surface area contributed by atoms with Crippen molar-refractivity contribution in [2.75, 3.05) is 31.1 Å². The predicted molar refractivity (Wildman–Crippen MR) is 66.3 cm³/mol. The molecule has 0 N–H and O–H groups in total. The summed E-state index contributed by atoms with van der Waals surface area (Å²) in [7, 11) is -0.465. The molecule has 0 aliphatic heterocycles. The molecule has 4 heteroatoms. The van der Waals surface area contributed by atoms with E-state index < -0.39 is 10.0 Å². The molecule has 3 nitrogen and oxygen atoms in total. The minimum atomic E-state index is -0.465. The molecule has 1 aromatic heterocycles. The zero-order valence-electron chi connectivity index (χ0n) is 9.56. The first-order valence-electron chi connectivity index (χ1n) is 4.74. The molecule has 1 heterocycles. The van der Waals surface area contributed by atoms with Gasteiger partial charge in [-0.3, -0.25) is 0 Å². The highest BCUT2D eigenvalue weighted by atomic mass is 32.3. The monoisotopic (exact) mass is 226 g/mol. The Bertz CT molecular complexity index is 346. The van der Waals surface area contributed by atoms with Crippen LogP contribution in [0.5, 0.6) is 0 Å². The van der Waals surface area contributed by atoms with Crippen LogP contribution in [0.15, 0.2) is 12.4 Å². The molecule has 0 saturated carbocycles. The maximum absolute atomic E-state index is 5.51. The third-order valence-electron chi connectivity index (χ3n) is 1.86.